The van der Waals surface area contributed by atoms with Crippen LogP contribution in [0.4, 0.5) is 4.39 Å². The normalized spacial score (nSPS) is 31.1. The number of ether oxygens (including phenoxy) is 1. The van der Waals surface area contributed by atoms with Gasteiger partial charge in [0, 0.05) is 18.2 Å². The first-order valence-corrected chi connectivity index (χ1v) is 6.43. The van der Waals surface area contributed by atoms with E-state index in [1.54, 1.807) is 18.2 Å². The van der Waals surface area contributed by atoms with E-state index in [-0.39, 0.29) is 10.8 Å². The van der Waals surface area contributed by atoms with E-state index in [9.17, 15) is 4.39 Å². The molecule has 2 nitrogen and oxygen atoms in total. The molecule has 0 radical (unpaired) electrons. The second-order valence-corrected chi connectivity index (χ2v) is 5.22. The summed E-state index contributed by atoms with van der Waals surface area (Å²) in [6.45, 7) is 0.517. The number of benzene rings is 1. The van der Waals surface area contributed by atoms with Crippen molar-refractivity contribution < 1.29 is 9.13 Å². The molecule has 92 valence electrons. The van der Waals surface area contributed by atoms with Crippen molar-refractivity contribution in [2.24, 2.45) is 0 Å². The van der Waals surface area contributed by atoms with E-state index in [1.165, 1.54) is 6.42 Å². The van der Waals surface area contributed by atoms with Crippen LogP contribution in [0.5, 0.6) is 0 Å². The molecule has 1 aromatic rings. The summed E-state index contributed by atoms with van der Waals surface area (Å²) in [5.41, 5.74) is 0.625. The van der Waals surface area contributed by atoms with Crippen molar-refractivity contribution in [3.63, 3.8) is 0 Å². The lowest BCUT2D eigenvalue weighted by molar-refractivity contribution is 0.0972. The van der Waals surface area contributed by atoms with Gasteiger partial charge in [-0.15, -0.1) is 0 Å². The van der Waals surface area contributed by atoms with Crippen molar-refractivity contribution in [1.82, 2.24) is 5.32 Å². The molecule has 3 atom stereocenters. The highest BCUT2D eigenvalue weighted by Crippen LogP contribution is 2.34. The minimum atomic E-state index is -0.314. The van der Waals surface area contributed by atoms with Crippen molar-refractivity contribution in [1.29, 1.82) is 0 Å². The molecular weight excluding hydrogens is 241 g/mol. The zero-order valence-corrected chi connectivity index (χ0v) is 10.2. The third-order valence-electron chi connectivity index (χ3n) is 3.69. The van der Waals surface area contributed by atoms with Crippen LogP contribution in [0.2, 0.25) is 5.02 Å². The molecule has 2 fully saturated rings. The standard InChI is InChI=1S/C13H15ClFNO/c14-10-3-1-2-8(13(10)15)7-16-11-6-9-4-5-12(11)17-9/h1-3,9,11-12,16H,4-7H2. The number of halogens is 2. The molecule has 2 aliphatic heterocycles. The zero-order valence-electron chi connectivity index (χ0n) is 9.46. The SMILES string of the molecule is Fc1c(Cl)cccc1CNC1CC2CCC1O2. The Morgan fingerprint density at radius 2 is 2.29 bits per heavy atom. The summed E-state index contributed by atoms with van der Waals surface area (Å²) in [6.07, 6.45) is 4.09. The van der Waals surface area contributed by atoms with Crippen molar-refractivity contribution in [3.8, 4) is 0 Å². The van der Waals surface area contributed by atoms with Crippen LogP contribution in [0.25, 0.3) is 0 Å². The molecule has 0 aliphatic carbocycles. The Kier molecular flexibility index (Phi) is 3.07. The van der Waals surface area contributed by atoms with Crippen LogP contribution in [-0.4, -0.2) is 18.2 Å². The average Bonchev–Trinajstić information content (AvgIpc) is 2.93. The topological polar surface area (TPSA) is 21.3 Å². The molecule has 3 unspecified atom stereocenters. The van der Waals surface area contributed by atoms with Gasteiger partial charge in [-0.1, -0.05) is 23.7 Å². The van der Waals surface area contributed by atoms with Gasteiger partial charge in [0.25, 0.3) is 0 Å². The highest BCUT2D eigenvalue weighted by atomic mass is 35.5. The molecule has 0 amide bonds. The highest BCUT2D eigenvalue weighted by molar-refractivity contribution is 6.30. The maximum atomic E-state index is 13.7. The molecular formula is C13H15ClFNO. The second-order valence-electron chi connectivity index (χ2n) is 4.81. The Morgan fingerprint density at radius 3 is 3.00 bits per heavy atom. The highest BCUT2D eigenvalue weighted by Gasteiger charge is 2.40. The Labute approximate surface area is 105 Å². The summed E-state index contributed by atoms with van der Waals surface area (Å²) < 4.78 is 19.4. The quantitative estimate of drug-likeness (QED) is 0.897. The Hall–Kier alpha value is -0.640. The first-order valence-electron chi connectivity index (χ1n) is 6.06. The maximum absolute atomic E-state index is 13.7. The van der Waals surface area contributed by atoms with E-state index in [2.05, 4.69) is 5.32 Å². The lowest BCUT2D eigenvalue weighted by Gasteiger charge is -2.20. The first-order chi connectivity index (χ1) is 8.24. The molecule has 2 bridgehead atoms. The number of hydrogen-bond acceptors (Lipinski definition) is 2. The number of rotatable bonds is 3. The fourth-order valence-corrected chi connectivity index (χ4v) is 2.97. The van der Waals surface area contributed by atoms with E-state index in [0.29, 0.717) is 30.4 Å². The van der Waals surface area contributed by atoms with Crippen molar-refractivity contribution in [3.05, 3.63) is 34.6 Å². The Morgan fingerprint density at radius 1 is 1.41 bits per heavy atom. The van der Waals surface area contributed by atoms with Gasteiger partial charge in [0.2, 0.25) is 0 Å². The zero-order chi connectivity index (χ0) is 11.8. The Bertz CT molecular complexity index is 426. The van der Waals surface area contributed by atoms with Gasteiger partial charge in [0.1, 0.15) is 5.82 Å². The molecule has 0 saturated carbocycles. The maximum Gasteiger partial charge on any atom is 0.146 e. The van der Waals surface area contributed by atoms with Gasteiger partial charge in [-0.25, -0.2) is 4.39 Å². The smallest absolute Gasteiger partial charge is 0.146 e. The predicted molar refractivity (Wildman–Crippen MR) is 64.5 cm³/mol. The van der Waals surface area contributed by atoms with Gasteiger partial charge in [-0.3, -0.25) is 0 Å². The molecule has 0 spiro atoms. The van der Waals surface area contributed by atoms with Crippen molar-refractivity contribution in [2.75, 3.05) is 0 Å². The summed E-state index contributed by atoms with van der Waals surface area (Å²) in [4.78, 5) is 0. The van der Waals surface area contributed by atoms with E-state index < -0.39 is 0 Å². The molecule has 4 heteroatoms. The van der Waals surface area contributed by atoms with Crippen LogP contribution in [0.1, 0.15) is 24.8 Å². The van der Waals surface area contributed by atoms with Crippen LogP contribution in [0, 0.1) is 5.82 Å². The fourth-order valence-electron chi connectivity index (χ4n) is 2.78. The monoisotopic (exact) mass is 255 g/mol. The molecule has 3 rings (SSSR count). The van der Waals surface area contributed by atoms with Crippen LogP contribution in [-0.2, 0) is 11.3 Å². The predicted octanol–water partition coefficient (Wildman–Crippen LogP) is 2.89. The van der Waals surface area contributed by atoms with E-state index in [1.807, 2.05) is 0 Å². The Balaban J connectivity index is 1.62. The summed E-state index contributed by atoms with van der Waals surface area (Å²) in [7, 11) is 0. The van der Waals surface area contributed by atoms with Gasteiger partial charge >= 0.3 is 0 Å². The molecule has 1 aromatic carbocycles. The number of hydrogen-bond donors (Lipinski definition) is 1. The summed E-state index contributed by atoms with van der Waals surface area (Å²) in [5, 5.41) is 3.56. The van der Waals surface area contributed by atoms with E-state index in [4.69, 9.17) is 16.3 Å². The molecule has 2 saturated heterocycles. The van der Waals surface area contributed by atoms with Crippen LogP contribution in [0.15, 0.2) is 18.2 Å². The van der Waals surface area contributed by atoms with Gasteiger partial charge in [0.05, 0.1) is 17.2 Å². The summed E-state index contributed by atoms with van der Waals surface area (Å²) in [5.74, 6) is -0.314. The molecule has 17 heavy (non-hydrogen) atoms. The van der Waals surface area contributed by atoms with E-state index >= 15 is 0 Å². The minimum absolute atomic E-state index is 0.188. The first kappa shape index (κ1) is 11.5. The summed E-state index contributed by atoms with van der Waals surface area (Å²) >= 11 is 5.74. The number of nitrogens with one attached hydrogen (secondary N) is 1. The van der Waals surface area contributed by atoms with Crippen LogP contribution < -0.4 is 5.32 Å². The van der Waals surface area contributed by atoms with Gasteiger partial charge in [-0.05, 0) is 25.3 Å². The molecule has 2 heterocycles. The minimum Gasteiger partial charge on any atom is -0.373 e. The number of fused-ring (bicyclic) bond motifs is 2. The second kappa shape index (κ2) is 4.56. The largest absolute Gasteiger partial charge is 0.373 e. The lowest BCUT2D eigenvalue weighted by Crippen LogP contribution is -2.37. The van der Waals surface area contributed by atoms with E-state index in [0.717, 1.165) is 12.8 Å². The van der Waals surface area contributed by atoms with Gasteiger partial charge in [-0.2, -0.15) is 0 Å². The van der Waals surface area contributed by atoms with Gasteiger partial charge < -0.3 is 10.1 Å². The average molecular weight is 256 g/mol. The summed E-state index contributed by atoms with van der Waals surface area (Å²) in [6, 6.07) is 5.48. The van der Waals surface area contributed by atoms with Crippen LogP contribution >= 0.6 is 11.6 Å². The van der Waals surface area contributed by atoms with Crippen molar-refractivity contribution >= 4 is 11.6 Å². The lowest BCUT2D eigenvalue weighted by atomic mass is 9.95. The van der Waals surface area contributed by atoms with Gasteiger partial charge in [0.15, 0.2) is 0 Å². The fraction of sp³-hybridized carbons (Fsp3) is 0.538. The third-order valence-corrected chi connectivity index (χ3v) is 3.98. The third kappa shape index (κ3) is 2.19. The van der Waals surface area contributed by atoms with Crippen LogP contribution in [0.3, 0.4) is 0 Å². The van der Waals surface area contributed by atoms with Crippen molar-refractivity contribution in [2.45, 2.75) is 44.1 Å². The molecule has 0 aromatic heterocycles. The molecule has 1 N–H and O–H groups in total. The molecule has 2 aliphatic rings.